The van der Waals surface area contributed by atoms with Gasteiger partial charge < -0.3 is 20.9 Å². The summed E-state index contributed by atoms with van der Waals surface area (Å²) in [6.45, 7) is 8.78. The lowest BCUT2D eigenvalue weighted by atomic mass is 9.85. The van der Waals surface area contributed by atoms with Crippen molar-refractivity contribution in [3.05, 3.63) is 6.33 Å². The predicted molar refractivity (Wildman–Crippen MR) is 76.2 cm³/mol. The first kappa shape index (κ1) is 15.5. The molecule has 1 heterocycles. The molecule has 6 nitrogen and oxygen atoms in total. The van der Waals surface area contributed by atoms with E-state index in [9.17, 15) is 0 Å². The Kier molecular flexibility index (Phi) is 5.35. The lowest BCUT2D eigenvalue weighted by Crippen LogP contribution is -2.35. The van der Waals surface area contributed by atoms with Crippen LogP contribution in [0.25, 0.3) is 0 Å². The molecule has 1 atom stereocenters. The van der Waals surface area contributed by atoms with Gasteiger partial charge in [-0.25, -0.2) is 4.98 Å². The molecule has 0 saturated heterocycles. The van der Waals surface area contributed by atoms with E-state index in [2.05, 4.69) is 36.1 Å². The number of aliphatic hydroxyl groups excluding tert-OH is 1. The molecular weight excluding hydrogens is 244 g/mol. The topological polar surface area (TPSA) is 93.3 Å². The van der Waals surface area contributed by atoms with Crippen molar-refractivity contribution < 1.29 is 9.84 Å². The number of nitrogens with two attached hydrogens (primary N) is 1. The van der Waals surface area contributed by atoms with E-state index in [0.29, 0.717) is 30.4 Å². The summed E-state index contributed by atoms with van der Waals surface area (Å²) < 4.78 is 5.34. The maximum absolute atomic E-state index is 9.16. The van der Waals surface area contributed by atoms with Crippen molar-refractivity contribution in [3.8, 4) is 5.88 Å². The van der Waals surface area contributed by atoms with E-state index in [4.69, 9.17) is 15.6 Å². The molecule has 0 aromatic carbocycles. The third-order valence-electron chi connectivity index (χ3n) is 2.90. The molecule has 19 heavy (non-hydrogen) atoms. The van der Waals surface area contributed by atoms with Crippen molar-refractivity contribution in [2.75, 3.05) is 24.3 Å². The van der Waals surface area contributed by atoms with Crippen LogP contribution in [0, 0.1) is 5.41 Å². The van der Waals surface area contributed by atoms with Gasteiger partial charge in [0.05, 0.1) is 6.61 Å². The van der Waals surface area contributed by atoms with Gasteiger partial charge in [-0.15, -0.1) is 0 Å². The number of aromatic nitrogens is 2. The van der Waals surface area contributed by atoms with Crippen LogP contribution in [0.3, 0.4) is 0 Å². The van der Waals surface area contributed by atoms with Gasteiger partial charge in [0.15, 0.2) is 5.82 Å². The van der Waals surface area contributed by atoms with Gasteiger partial charge in [-0.05, 0) is 18.8 Å². The number of hydrogen-bond acceptors (Lipinski definition) is 6. The monoisotopic (exact) mass is 268 g/mol. The summed E-state index contributed by atoms with van der Waals surface area (Å²) in [5, 5.41) is 12.4. The SMILES string of the molecule is CCOc1ncnc(NC(CCO)C(C)(C)C)c1N. The Bertz CT molecular complexity index is 404. The largest absolute Gasteiger partial charge is 0.476 e. The highest BCUT2D eigenvalue weighted by atomic mass is 16.5. The molecule has 0 fully saturated rings. The second kappa shape index (κ2) is 6.56. The Labute approximate surface area is 114 Å². The second-order valence-electron chi connectivity index (χ2n) is 5.45. The highest BCUT2D eigenvalue weighted by Crippen LogP contribution is 2.30. The summed E-state index contributed by atoms with van der Waals surface area (Å²) in [6, 6.07) is 0.0594. The minimum absolute atomic E-state index is 0.0219. The number of nitrogens with one attached hydrogen (secondary N) is 1. The van der Waals surface area contributed by atoms with Gasteiger partial charge in [-0.2, -0.15) is 4.98 Å². The summed E-state index contributed by atoms with van der Waals surface area (Å²) in [5.41, 5.74) is 6.36. The summed E-state index contributed by atoms with van der Waals surface area (Å²) in [5.74, 6) is 0.934. The first-order valence-electron chi connectivity index (χ1n) is 6.50. The number of rotatable bonds is 6. The molecule has 0 spiro atoms. The highest BCUT2D eigenvalue weighted by molar-refractivity contribution is 5.66. The zero-order chi connectivity index (χ0) is 14.5. The number of nitrogens with zero attached hydrogens (tertiary/aromatic N) is 2. The van der Waals surface area contributed by atoms with Gasteiger partial charge in [0.25, 0.3) is 0 Å². The summed E-state index contributed by atoms with van der Waals surface area (Å²) in [6.07, 6.45) is 2.04. The molecule has 0 amide bonds. The van der Waals surface area contributed by atoms with E-state index in [1.165, 1.54) is 6.33 Å². The summed E-state index contributed by atoms with van der Waals surface area (Å²) >= 11 is 0. The Morgan fingerprint density at radius 3 is 2.63 bits per heavy atom. The van der Waals surface area contributed by atoms with Gasteiger partial charge in [-0.1, -0.05) is 20.8 Å². The molecular formula is C13H24N4O2. The molecule has 0 saturated carbocycles. The van der Waals surface area contributed by atoms with Crippen LogP contribution in [0.1, 0.15) is 34.1 Å². The van der Waals surface area contributed by atoms with Crippen LogP contribution in [-0.4, -0.2) is 34.3 Å². The molecule has 1 unspecified atom stereocenters. The van der Waals surface area contributed by atoms with E-state index in [1.54, 1.807) is 0 Å². The molecule has 0 aliphatic rings. The van der Waals surface area contributed by atoms with E-state index in [0.717, 1.165) is 0 Å². The molecule has 1 aromatic rings. The van der Waals surface area contributed by atoms with Crippen LogP contribution in [0.2, 0.25) is 0 Å². The van der Waals surface area contributed by atoms with Crippen molar-refractivity contribution in [1.82, 2.24) is 9.97 Å². The van der Waals surface area contributed by atoms with E-state index >= 15 is 0 Å². The second-order valence-corrected chi connectivity index (χ2v) is 5.45. The molecule has 0 bridgehead atoms. The number of hydrogen-bond donors (Lipinski definition) is 3. The van der Waals surface area contributed by atoms with E-state index in [1.807, 2.05) is 6.92 Å². The molecule has 1 rings (SSSR count). The molecule has 108 valence electrons. The van der Waals surface area contributed by atoms with Crippen LogP contribution >= 0.6 is 0 Å². The summed E-state index contributed by atoms with van der Waals surface area (Å²) in [7, 11) is 0. The van der Waals surface area contributed by atoms with Gasteiger partial charge >= 0.3 is 0 Å². The van der Waals surface area contributed by atoms with Crippen molar-refractivity contribution in [3.63, 3.8) is 0 Å². The Hall–Kier alpha value is -1.56. The molecule has 4 N–H and O–H groups in total. The number of aliphatic hydroxyl groups is 1. The van der Waals surface area contributed by atoms with Crippen molar-refractivity contribution in [2.45, 2.75) is 40.2 Å². The number of anilines is 2. The quantitative estimate of drug-likeness (QED) is 0.726. The van der Waals surface area contributed by atoms with Crippen LogP contribution in [0.15, 0.2) is 6.33 Å². The lowest BCUT2D eigenvalue weighted by Gasteiger charge is -2.31. The molecule has 1 aromatic heterocycles. The van der Waals surface area contributed by atoms with Gasteiger partial charge in [0.2, 0.25) is 5.88 Å². The molecule has 0 radical (unpaired) electrons. The number of nitrogen functional groups attached to an aromatic ring is 1. The third kappa shape index (κ3) is 4.24. The minimum Gasteiger partial charge on any atom is -0.476 e. The molecule has 0 aliphatic carbocycles. The van der Waals surface area contributed by atoms with Crippen molar-refractivity contribution in [1.29, 1.82) is 0 Å². The van der Waals surface area contributed by atoms with Crippen LogP contribution in [0.5, 0.6) is 5.88 Å². The average molecular weight is 268 g/mol. The first-order chi connectivity index (χ1) is 8.90. The maximum Gasteiger partial charge on any atom is 0.242 e. The Balaban J connectivity index is 2.93. The van der Waals surface area contributed by atoms with Gasteiger partial charge in [0.1, 0.15) is 12.0 Å². The van der Waals surface area contributed by atoms with Crippen molar-refractivity contribution >= 4 is 11.5 Å². The van der Waals surface area contributed by atoms with Crippen LogP contribution in [-0.2, 0) is 0 Å². The van der Waals surface area contributed by atoms with Crippen molar-refractivity contribution in [2.24, 2.45) is 5.41 Å². The fraction of sp³-hybridized carbons (Fsp3) is 0.692. The highest BCUT2D eigenvalue weighted by Gasteiger charge is 2.25. The Morgan fingerprint density at radius 2 is 2.11 bits per heavy atom. The minimum atomic E-state index is -0.0219. The fourth-order valence-corrected chi connectivity index (χ4v) is 1.76. The predicted octanol–water partition coefficient (Wildman–Crippen LogP) is 1.67. The molecule has 6 heteroatoms. The fourth-order valence-electron chi connectivity index (χ4n) is 1.76. The first-order valence-corrected chi connectivity index (χ1v) is 6.50. The van der Waals surface area contributed by atoms with E-state index < -0.39 is 0 Å². The smallest absolute Gasteiger partial charge is 0.242 e. The standard InChI is InChI=1S/C13H24N4O2/c1-5-19-12-10(14)11(15-8-16-12)17-9(6-7-18)13(2,3)4/h8-9,18H,5-7,14H2,1-4H3,(H,15,16,17). The van der Waals surface area contributed by atoms with Gasteiger partial charge in [-0.3, -0.25) is 0 Å². The zero-order valence-electron chi connectivity index (χ0n) is 12.1. The third-order valence-corrected chi connectivity index (χ3v) is 2.90. The number of ether oxygens (including phenoxy) is 1. The van der Waals surface area contributed by atoms with Crippen LogP contribution < -0.4 is 15.8 Å². The zero-order valence-corrected chi connectivity index (χ0v) is 12.1. The van der Waals surface area contributed by atoms with Crippen LogP contribution in [0.4, 0.5) is 11.5 Å². The van der Waals surface area contributed by atoms with Gasteiger partial charge in [0, 0.05) is 12.6 Å². The van der Waals surface area contributed by atoms with E-state index in [-0.39, 0.29) is 18.1 Å². The lowest BCUT2D eigenvalue weighted by molar-refractivity contribution is 0.235. The average Bonchev–Trinajstić information content (AvgIpc) is 2.32. The Morgan fingerprint density at radius 1 is 1.42 bits per heavy atom. The normalized spacial score (nSPS) is 13.1. The summed E-state index contributed by atoms with van der Waals surface area (Å²) in [4.78, 5) is 8.14. The maximum atomic E-state index is 9.16. The molecule has 0 aliphatic heterocycles.